The van der Waals surface area contributed by atoms with Crippen molar-refractivity contribution in [3.05, 3.63) is 42.1 Å². The first kappa shape index (κ1) is 11.0. The van der Waals surface area contributed by atoms with E-state index in [4.69, 9.17) is 0 Å². The van der Waals surface area contributed by atoms with Crippen molar-refractivity contribution in [2.24, 2.45) is 0 Å². The predicted octanol–water partition coefficient (Wildman–Crippen LogP) is 2.81. The molecule has 0 amide bonds. The van der Waals surface area contributed by atoms with Gasteiger partial charge in [0, 0.05) is 23.5 Å². The van der Waals surface area contributed by atoms with Crippen molar-refractivity contribution in [2.75, 3.05) is 0 Å². The fourth-order valence-electron chi connectivity index (χ4n) is 2.27. The van der Waals surface area contributed by atoms with Gasteiger partial charge < -0.3 is 0 Å². The first-order valence-corrected chi connectivity index (χ1v) is 6.14. The second kappa shape index (κ2) is 4.64. The minimum atomic E-state index is 0.837. The highest BCUT2D eigenvalue weighted by Crippen LogP contribution is 2.30. The van der Waals surface area contributed by atoms with Gasteiger partial charge in [-0.3, -0.25) is 0 Å². The van der Waals surface area contributed by atoms with Crippen LogP contribution in [0.2, 0.25) is 0 Å². The van der Waals surface area contributed by atoms with E-state index in [1.54, 1.807) is 12.4 Å². The smallest absolute Gasteiger partial charge is 0.115 e. The Kier molecular flexibility index (Phi) is 2.84. The number of nitrogens with zero attached hydrogens (tertiary/aromatic N) is 4. The van der Waals surface area contributed by atoms with Crippen molar-refractivity contribution in [1.29, 1.82) is 0 Å². The van der Waals surface area contributed by atoms with Gasteiger partial charge in [0.2, 0.25) is 0 Å². The minimum Gasteiger partial charge on any atom is -0.244 e. The third-order valence-corrected chi connectivity index (χ3v) is 3.22. The van der Waals surface area contributed by atoms with Crippen LogP contribution in [0.3, 0.4) is 0 Å². The molecule has 2 heterocycles. The maximum Gasteiger partial charge on any atom is 0.115 e. The number of aromatic nitrogens is 4. The molecule has 2 aromatic heterocycles. The summed E-state index contributed by atoms with van der Waals surface area (Å²) < 4.78 is 0. The Morgan fingerprint density at radius 2 is 1.94 bits per heavy atom. The molecule has 0 N–H and O–H groups in total. The quantitative estimate of drug-likeness (QED) is 0.807. The Hall–Kier alpha value is -2.10. The van der Waals surface area contributed by atoms with Crippen LogP contribution in [-0.2, 0) is 0 Å². The Bertz CT molecular complexity index is 590. The summed E-state index contributed by atoms with van der Waals surface area (Å²) in [5.41, 5.74) is 5.33. The van der Waals surface area contributed by atoms with E-state index in [1.807, 2.05) is 6.92 Å². The number of rotatable bonds is 2. The summed E-state index contributed by atoms with van der Waals surface area (Å²) in [6.07, 6.45) is 10.9. The van der Waals surface area contributed by atoms with Crippen LogP contribution >= 0.6 is 0 Å². The SMILES string of the molecule is Cc1nnc(-c2cncnc2)cc1C1=CCCC1. The Morgan fingerprint density at radius 3 is 2.67 bits per heavy atom. The summed E-state index contributed by atoms with van der Waals surface area (Å²) in [6, 6.07) is 2.10. The lowest BCUT2D eigenvalue weighted by molar-refractivity contribution is 0.928. The van der Waals surface area contributed by atoms with Gasteiger partial charge in [0.25, 0.3) is 0 Å². The van der Waals surface area contributed by atoms with Crippen molar-refractivity contribution >= 4 is 5.57 Å². The molecular weight excluding hydrogens is 224 g/mol. The lowest BCUT2D eigenvalue weighted by atomic mass is 10.0. The Labute approximate surface area is 106 Å². The third-order valence-electron chi connectivity index (χ3n) is 3.22. The van der Waals surface area contributed by atoms with Gasteiger partial charge >= 0.3 is 0 Å². The fourth-order valence-corrected chi connectivity index (χ4v) is 2.27. The molecule has 90 valence electrons. The van der Waals surface area contributed by atoms with Gasteiger partial charge in [-0.1, -0.05) is 6.08 Å². The summed E-state index contributed by atoms with van der Waals surface area (Å²) in [5, 5.41) is 8.48. The molecule has 0 unspecified atom stereocenters. The van der Waals surface area contributed by atoms with E-state index in [2.05, 4.69) is 32.3 Å². The van der Waals surface area contributed by atoms with Crippen molar-refractivity contribution in [3.8, 4) is 11.3 Å². The van der Waals surface area contributed by atoms with Crippen LogP contribution in [0.5, 0.6) is 0 Å². The van der Waals surface area contributed by atoms with Crippen LogP contribution in [0.1, 0.15) is 30.5 Å². The highest BCUT2D eigenvalue weighted by Gasteiger charge is 2.12. The van der Waals surface area contributed by atoms with Crippen LogP contribution < -0.4 is 0 Å². The maximum absolute atomic E-state index is 4.25. The standard InChI is InChI=1S/C14H14N4/c1-10-13(11-4-2-3-5-11)6-14(18-17-10)12-7-15-9-16-8-12/h4,6-9H,2-3,5H2,1H3. The van der Waals surface area contributed by atoms with Crippen LogP contribution in [0.25, 0.3) is 16.8 Å². The molecule has 0 bridgehead atoms. The number of hydrogen-bond donors (Lipinski definition) is 0. The fraction of sp³-hybridized carbons (Fsp3) is 0.286. The highest BCUT2D eigenvalue weighted by atomic mass is 15.1. The van der Waals surface area contributed by atoms with Gasteiger partial charge in [0.1, 0.15) is 6.33 Å². The van der Waals surface area contributed by atoms with Crippen molar-refractivity contribution in [3.63, 3.8) is 0 Å². The van der Waals surface area contributed by atoms with Crippen LogP contribution in [0.4, 0.5) is 0 Å². The number of hydrogen-bond acceptors (Lipinski definition) is 4. The first-order chi connectivity index (χ1) is 8.84. The number of allylic oxidation sites excluding steroid dienone is 2. The third kappa shape index (κ3) is 2.01. The average molecular weight is 238 g/mol. The zero-order chi connectivity index (χ0) is 12.4. The second-order valence-electron chi connectivity index (χ2n) is 4.48. The molecule has 1 aliphatic rings. The summed E-state index contributed by atoms with van der Waals surface area (Å²) in [6.45, 7) is 2.01. The molecule has 0 saturated heterocycles. The molecule has 0 spiro atoms. The molecular formula is C14H14N4. The normalized spacial score (nSPS) is 14.6. The minimum absolute atomic E-state index is 0.837. The monoisotopic (exact) mass is 238 g/mol. The molecule has 2 aromatic rings. The topological polar surface area (TPSA) is 51.6 Å². The zero-order valence-corrected chi connectivity index (χ0v) is 10.3. The van der Waals surface area contributed by atoms with E-state index in [9.17, 15) is 0 Å². The summed E-state index contributed by atoms with van der Waals surface area (Å²) >= 11 is 0. The van der Waals surface area contributed by atoms with Crippen LogP contribution in [-0.4, -0.2) is 20.2 Å². The van der Waals surface area contributed by atoms with E-state index in [1.165, 1.54) is 30.3 Å². The Balaban J connectivity index is 2.06. The molecule has 4 nitrogen and oxygen atoms in total. The second-order valence-corrected chi connectivity index (χ2v) is 4.48. The molecule has 4 heteroatoms. The first-order valence-electron chi connectivity index (χ1n) is 6.14. The zero-order valence-electron chi connectivity index (χ0n) is 10.3. The predicted molar refractivity (Wildman–Crippen MR) is 69.6 cm³/mol. The molecule has 18 heavy (non-hydrogen) atoms. The largest absolute Gasteiger partial charge is 0.244 e. The average Bonchev–Trinajstić information content (AvgIpc) is 2.94. The van der Waals surface area contributed by atoms with Gasteiger partial charge in [0.15, 0.2) is 0 Å². The summed E-state index contributed by atoms with van der Waals surface area (Å²) in [5.74, 6) is 0. The molecule has 0 saturated carbocycles. The van der Waals surface area contributed by atoms with E-state index >= 15 is 0 Å². The van der Waals surface area contributed by atoms with E-state index < -0.39 is 0 Å². The van der Waals surface area contributed by atoms with Gasteiger partial charge in [-0.15, -0.1) is 0 Å². The lowest BCUT2D eigenvalue weighted by Gasteiger charge is -2.07. The van der Waals surface area contributed by atoms with Gasteiger partial charge in [-0.05, 0) is 37.8 Å². The molecule has 0 aliphatic heterocycles. The molecule has 0 aromatic carbocycles. The van der Waals surface area contributed by atoms with E-state index in [-0.39, 0.29) is 0 Å². The molecule has 0 radical (unpaired) electrons. The van der Waals surface area contributed by atoms with E-state index in [0.29, 0.717) is 0 Å². The highest BCUT2D eigenvalue weighted by molar-refractivity contribution is 5.72. The van der Waals surface area contributed by atoms with E-state index in [0.717, 1.165) is 23.4 Å². The lowest BCUT2D eigenvalue weighted by Crippen LogP contribution is -1.97. The molecule has 0 atom stereocenters. The van der Waals surface area contributed by atoms with Gasteiger partial charge in [-0.2, -0.15) is 10.2 Å². The molecule has 0 fully saturated rings. The summed E-state index contributed by atoms with van der Waals surface area (Å²) in [7, 11) is 0. The van der Waals surface area contributed by atoms with Crippen LogP contribution in [0, 0.1) is 6.92 Å². The van der Waals surface area contributed by atoms with Crippen molar-refractivity contribution in [2.45, 2.75) is 26.2 Å². The molecule has 3 rings (SSSR count). The van der Waals surface area contributed by atoms with Crippen molar-refractivity contribution < 1.29 is 0 Å². The molecule has 1 aliphatic carbocycles. The van der Waals surface area contributed by atoms with Crippen LogP contribution in [0.15, 0.2) is 30.9 Å². The Morgan fingerprint density at radius 1 is 1.11 bits per heavy atom. The number of aryl methyl sites for hydroxylation is 1. The maximum atomic E-state index is 4.25. The van der Waals surface area contributed by atoms with Gasteiger partial charge in [-0.25, -0.2) is 9.97 Å². The van der Waals surface area contributed by atoms with Crippen molar-refractivity contribution in [1.82, 2.24) is 20.2 Å². The summed E-state index contributed by atoms with van der Waals surface area (Å²) in [4.78, 5) is 8.03. The van der Waals surface area contributed by atoms with Gasteiger partial charge in [0.05, 0.1) is 11.4 Å².